The fourth-order valence-corrected chi connectivity index (χ4v) is 9.58. The summed E-state index contributed by atoms with van der Waals surface area (Å²) in [5.74, 6) is 0. The number of para-hydroxylation sites is 2. The number of rotatable bonds is 2. The smallest absolute Gasteiger partial charge is 0.212 e. The molecule has 0 fully saturated rings. The van der Waals surface area contributed by atoms with Crippen molar-refractivity contribution in [3.05, 3.63) is 175 Å². The predicted molar refractivity (Wildman–Crippen MR) is 223 cm³/mol. The Balaban J connectivity index is 1.22. The van der Waals surface area contributed by atoms with Crippen LogP contribution in [0.2, 0.25) is 0 Å². The molecule has 1 aliphatic carbocycles. The van der Waals surface area contributed by atoms with Crippen molar-refractivity contribution in [2.24, 2.45) is 0 Å². The molecule has 0 N–H and O–H groups in total. The van der Waals surface area contributed by atoms with E-state index in [0.717, 1.165) is 59.8 Å². The van der Waals surface area contributed by atoms with Crippen LogP contribution in [0.3, 0.4) is 0 Å². The van der Waals surface area contributed by atoms with Crippen LogP contribution in [0.4, 0.5) is 5.69 Å². The zero-order valence-electron chi connectivity index (χ0n) is 28.8. The summed E-state index contributed by atoms with van der Waals surface area (Å²) >= 11 is 0. The highest BCUT2D eigenvalue weighted by Gasteiger charge is 2.27. The molecule has 0 atom stereocenters. The molecule has 1 aliphatic rings. The zero-order chi connectivity index (χ0) is 35.7. The number of nitriles is 1. The standard InChI is InChI=1S/C50H26N4/c1-52-41-27-44(53-42-23-10-8-19-37(42)48-39-22-12-21-34-31-14-2-3-16-33(31)40(47(34)39)26-46(48)53)29(28-51)25-45(41)54-43-24-11-9-20-38(43)49-35-17-6-4-13-30(35)32-15-5-7-18-36(32)50(49)54/h2-27H. The summed E-state index contributed by atoms with van der Waals surface area (Å²) in [5, 5.41) is 22.6. The summed E-state index contributed by atoms with van der Waals surface area (Å²) in [4.78, 5) is 4.22. The second-order valence-corrected chi connectivity index (χ2v) is 14.2. The fraction of sp³-hybridized carbons (Fsp3) is 0. The number of fused-ring (bicyclic) bond motifs is 15. The average Bonchev–Trinajstić information content (AvgIpc) is 3.88. The first kappa shape index (κ1) is 29.0. The van der Waals surface area contributed by atoms with Gasteiger partial charge in [-0.25, -0.2) is 4.85 Å². The molecule has 246 valence electrons. The molecule has 0 saturated carbocycles. The molecule has 9 aromatic carbocycles. The van der Waals surface area contributed by atoms with Crippen molar-refractivity contribution in [1.29, 1.82) is 5.26 Å². The van der Waals surface area contributed by atoms with Crippen molar-refractivity contribution in [3.8, 4) is 39.7 Å². The second-order valence-electron chi connectivity index (χ2n) is 14.2. The van der Waals surface area contributed by atoms with Crippen LogP contribution >= 0.6 is 0 Å². The van der Waals surface area contributed by atoms with Crippen molar-refractivity contribution < 1.29 is 0 Å². The van der Waals surface area contributed by atoms with E-state index in [-0.39, 0.29) is 0 Å². The van der Waals surface area contributed by atoms with Crippen LogP contribution in [-0.2, 0) is 0 Å². The molecule has 0 aliphatic heterocycles. The van der Waals surface area contributed by atoms with Gasteiger partial charge in [0, 0.05) is 26.9 Å². The van der Waals surface area contributed by atoms with Crippen LogP contribution in [0, 0.1) is 17.9 Å². The second kappa shape index (κ2) is 10.5. The average molecular weight is 683 g/mol. The van der Waals surface area contributed by atoms with E-state index in [9.17, 15) is 5.26 Å². The molecule has 4 nitrogen and oxygen atoms in total. The first-order chi connectivity index (χ1) is 26.7. The zero-order valence-corrected chi connectivity index (χ0v) is 28.8. The Labute approximate surface area is 309 Å². The van der Waals surface area contributed by atoms with Crippen LogP contribution in [0.15, 0.2) is 158 Å². The van der Waals surface area contributed by atoms with E-state index in [2.05, 4.69) is 166 Å². The van der Waals surface area contributed by atoms with Gasteiger partial charge < -0.3 is 9.13 Å². The van der Waals surface area contributed by atoms with Gasteiger partial charge in [-0.05, 0) is 79.5 Å². The van der Waals surface area contributed by atoms with Gasteiger partial charge in [-0.3, -0.25) is 0 Å². The first-order valence-corrected chi connectivity index (χ1v) is 18.1. The summed E-state index contributed by atoms with van der Waals surface area (Å²) in [6.07, 6.45) is 0. The molecule has 2 aromatic heterocycles. The van der Waals surface area contributed by atoms with Crippen LogP contribution in [0.5, 0.6) is 0 Å². The minimum Gasteiger partial charge on any atom is -0.318 e. The van der Waals surface area contributed by atoms with Gasteiger partial charge >= 0.3 is 0 Å². The summed E-state index contributed by atoms with van der Waals surface area (Å²) in [6.45, 7) is 8.65. The molecule has 54 heavy (non-hydrogen) atoms. The van der Waals surface area contributed by atoms with Gasteiger partial charge in [-0.2, -0.15) is 5.26 Å². The maximum atomic E-state index is 11.0. The number of nitrogens with zero attached hydrogens (tertiary/aromatic N) is 4. The highest BCUT2D eigenvalue weighted by Crippen LogP contribution is 2.52. The van der Waals surface area contributed by atoms with Crippen LogP contribution < -0.4 is 0 Å². The normalized spacial score (nSPS) is 12.0. The molecular formula is C50H26N4. The minimum atomic E-state index is 0.479. The van der Waals surface area contributed by atoms with E-state index in [4.69, 9.17) is 6.57 Å². The van der Waals surface area contributed by atoms with Crippen LogP contribution in [0.25, 0.3) is 114 Å². The van der Waals surface area contributed by atoms with Crippen LogP contribution in [0.1, 0.15) is 5.56 Å². The van der Waals surface area contributed by atoms with Gasteiger partial charge in [0.05, 0.1) is 45.6 Å². The van der Waals surface area contributed by atoms with E-state index in [1.165, 1.54) is 38.4 Å². The Morgan fingerprint density at radius 1 is 0.426 bits per heavy atom. The van der Waals surface area contributed by atoms with E-state index < -0.39 is 0 Å². The van der Waals surface area contributed by atoms with Crippen molar-refractivity contribution in [3.63, 3.8) is 0 Å². The summed E-state index contributed by atoms with van der Waals surface area (Å²) in [5.41, 5.74) is 11.3. The van der Waals surface area contributed by atoms with Gasteiger partial charge in [0.25, 0.3) is 0 Å². The van der Waals surface area contributed by atoms with Crippen molar-refractivity contribution in [1.82, 2.24) is 9.13 Å². The number of hydrogen-bond acceptors (Lipinski definition) is 1. The van der Waals surface area contributed by atoms with Gasteiger partial charge in [-0.1, -0.05) is 127 Å². The molecular weight excluding hydrogens is 657 g/mol. The van der Waals surface area contributed by atoms with Crippen molar-refractivity contribution in [2.75, 3.05) is 0 Å². The predicted octanol–water partition coefficient (Wildman–Crippen LogP) is 13.4. The Hall–Kier alpha value is -7.66. The third-order valence-electron chi connectivity index (χ3n) is 11.7. The third kappa shape index (κ3) is 3.54. The number of aromatic nitrogens is 2. The highest BCUT2D eigenvalue weighted by atomic mass is 15.0. The lowest BCUT2D eigenvalue weighted by Crippen LogP contribution is -2.02. The molecule has 0 radical (unpaired) electrons. The van der Waals surface area contributed by atoms with Gasteiger partial charge in [-0.15, -0.1) is 0 Å². The largest absolute Gasteiger partial charge is 0.318 e. The first-order valence-electron chi connectivity index (χ1n) is 18.1. The lowest BCUT2D eigenvalue weighted by atomic mass is 9.97. The molecule has 0 spiro atoms. The lowest BCUT2D eigenvalue weighted by Gasteiger charge is -2.17. The summed E-state index contributed by atoms with van der Waals surface area (Å²) in [6, 6.07) is 57.9. The third-order valence-corrected chi connectivity index (χ3v) is 11.7. The molecule has 0 bridgehead atoms. The molecule has 12 rings (SSSR count). The van der Waals surface area contributed by atoms with E-state index >= 15 is 0 Å². The van der Waals surface area contributed by atoms with Crippen molar-refractivity contribution >= 4 is 81.6 Å². The number of hydrogen-bond donors (Lipinski definition) is 0. The maximum absolute atomic E-state index is 11.0. The molecule has 4 heteroatoms. The minimum absolute atomic E-state index is 0.479. The van der Waals surface area contributed by atoms with E-state index in [1.807, 2.05) is 12.1 Å². The lowest BCUT2D eigenvalue weighted by molar-refractivity contribution is 1.14. The van der Waals surface area contributed by atoms with E-state index in [0.29, 0.717) is 22.6 Å². The van der Waals surface area contributed by atoms with Crippen molar-refractivity contribution in [2.45, 2.75) is 0 Å². The molecule has 0 unspecified atom stereocenters. The number of benzene rings is 9. The molecule has 0 saturated heterocycles. The monoisotopic (exact) mass is 682 g/mol. The highest BCUT2D eigenvalue weighted by molar-refractivity contribution is 6.32. The summed E-state index contributed by atoms with van der Waals surface area (Å²) < 4.78 is 4.43. The topological polar surface area (TPSA) is 38.0 Å². The molecule has 0 amide bonds. The van der Waals surface area contributed by atoms with Gasteiger partial charge in [0.2, 0.25) is 5.69 Å². The van der Waals surface area contributed by atoms with Crippen LogP contribution in [-0.4, -0.2) is 9.13 Å². The fourth-order valence-electron chi connectivity index (χ4n) is 9.58. The summed E-state index contributed by atoms with van der Waals surface area (Å²) in [7, 11) is 0. The van der Waals surface area contributed by atoms with Gasteiger partial charge in [0.1, 0.15) is 6.07 Å². The SMILES string of the molecule is [C-]#[N+]c1cc(-n2c3ccccc3c3c4cccc5c4c(cc32)-c2ccccc2-5)c(C#N)cc1-n1c2ccccc2c2c3ccccc3c3ccccc3c21. The Morgan fingerprint density at radius 2 is 0.981 bits per heavy atom. The Bertz CT molecular complexity index is 3580. The quantitative estimate of drug-likeness (QED) is 0.132. The van der Waals surface area contributed by atoms with E-state index in [1.54, 1.807) is 0 Å². The van der Waals surface area contributed by atoms with Gasteiger partial charge in [0.15, 0.2) is 0 Å². The Kier molecular flexibility index (Phi) is 5.61. The maximum Gasteiger partial charge on any atom is 0.212 e. The molecule has 11 aromatic rings. The Morgan fingerprint density at radius 3 is 1.70 bits per heavy atom. The molecule has 2 heterocycles.